The second kappa shape index (κ2) is 2.60. The predicted molar refractivity (Wildman–Crippen MR) is 50.0 cm³/mol. The van der Waals surface area contributed by atoms with Gasteiger partial charge in [0.2, 0.25) is 0 Å². The molecule has 0 saturated heterocycles. The molecule has 1 aromatic carbocycles. The Morgan fingerprint density at radius 1 is 1.27 bits per heavy atom. The van der Waals surface area contributed by atoms with Crippen LogP contribution < -0.4 is 9.47 Å². The second-order valence-electron chi connectivity index (χ2n) is 3.01. The third-order valence-corrected chi connectivity index (χ3v) is 2.35. The van der Waals surface area contributed by atoms with Gasteiger partial charge in [-0.2, -0.15) is 0 Å². The number of imidazole rings is 1. The average molecular weight is 277 g/mol. The highest BCUT2D eigenvalue weighted by Crippen LogP contribution is 2.42. The first-order valence-electron chi connectivity index (χ1n) is 3.99. The zero-order valence-corrected chi connectivity index (χ0v) is 8.64. The summed E-state index contributed by atoms with van der Waals surface area (Å²) >= 11 is 3.14. The lowest BCUT2D eigenvalue weighted by Gasteiger charge is -2.04. The molecule has 0 atom stereocenters. The van der Waals surface area contributed by atoms with Crippen molar-refractivity contribution in [2.24, 2.45) is 0 Å². The summed E-state index contributed by atoms with van der Waals surface area (Å²) in [5, 5.41) is 0. The minimum absolute atomic E-state index is 0.00338. The van der Waals surface area contributed by atoms with Crippen LogP contribution >= 0.6 is 15.9 Å². The van der Waals surface area contributed by atoms with Crippen molar-refractivity contribution in [3.05, 3.63) is 16.9 Å². The minimum atomic E-state index is -3.58. The number of rotatable bonds is 0. The molecule has 4 nitrogen and oxygen atoms in total. The number of aromatic amines is 1. The lowest BCUT2D eigenvalue weighted by molar-refractivity contribution is -0.286. The molecule has 15 heavy (non-hydrogen) atoms. The third-order valence-electron chi connectivity index (χ3n) is 1.98. The summed E-state index contributed by atoms with van der Waals surface area (Å²) in [6.45, 7) is 0. The van der Waals surface area contributed by atoms with Crippen LogP contribution in [0.4, 0.5) is 8.78 Å². The number of H-pyrrole nitrogens is 1. The van der Waals surface area contributed by atoms with Gasteiger partial charge in [-0.05, 0) is 15.9 Å². The second-order valence-corrected chi connectivity index (χ2v) is 3.76. The standard InChI is InChI=1S/C8H3BrF2N2O2/c9-7-12-3-1-5-6(2-4(3)13-7)15-8(10,11)14-5/h1-2H,(H,12,13). The van der Waals surface area contributed by atoms with Crippen LogP contribution in [0.25, 0.3) is 11.0 Å². The summed E-state index contributed by atoms with van der Waals surface area (Å²) < 4.78 is 34.5. The van der Waals surface area contributed by atoms with Gasteiger partial charge in [0.25, 0.3) is 0 Å². The SMILES string of the molecule is FC1(F)Oc2cc3nc(Br)[nH]c3cc2O1. The van der Waals surface area contributed by atoms with Gasteiger partial charge in [0, 0.05) is 12.1 Å². The van der Waals surface area contributed by atoms with E-state index in [4.69, 9.17) is 0 Å². The molecular formula is C8H3BrF2N2O2. The maximum absolute atomic E-state index is 12.7. The Labute approximate surface area is 90.3 Å². The van der Waals surface area contributed by atoms with E-state index in [0.717, 1.165) is 0 Å². The van der Waals surface area contributed by atoms with Crippen molar-refractivity contribution in [1.82, 2.24) is 9.97 Å². The van der Waals surface area contributed by atoms with Crippen molar-refractivity contribution in [3.8, 4) is 11.5 Å². The number of nitrogens with one attached hydrogen (secondary N) is 1. The molecule has 0 unspecified atom stereocenters. The number of ether oxygens (including phenoxy) is 2. The molecule has 1 aliphatic rings. The molecule has 0 aliphatic carbocycles. The topological polar surface area (TPSA) is 47.1 Å². The fourth-order valence-electron chi connectivity index (χ4n) is 1.42. The monoisotopic (exact) mass is 276 g/mol. The molecule has 0 bridgehead atoms. The van der Waals surface area contributed by atoms with E-state index >= 15 is 0 Å². The van der Waals surface area contributed by atoms with Gasteiger partial charge in [-0.25, -0.2) is 4.98 Å². The Bertz CT molecular complexity index is 510. The minimum Gasteiger partial charge on any atom is -0.395 e. The number of fused-ring (bicyclic) bond motifs is 2. The van der Waals surface area contributed by atoms with Gasteiger partial charge in [-0.15, -0.1) is 8.78 Å². The number of alkyl halides is 2. The summed E-state index contributed by atoms with van der Waals surface area (Å²) in [4.78, 5) is 6.86. The molecule has 0 saturated carbocycles. The van der Waals surface area contributed by atoms with Crippen molar-refractivity contribution in [2.75, 3.05) is 0 Å². The molecular weight excluding hydrogens is 274 g/mol. The first-order valence-corrected chi connectivity index (χ1v) is 4.78. The Balaban J connectivity index is 2.21. The van der Waals surface area contributed by atoms with E-state index in [-0.39, 0.29) is 11.5 Å². The number of hydrogen-bond donors (Lipinski definition) is 1. The van der Waals surface area contributed by atoms with E-state index in [0.29, 0.717) is 15.8 Å². The van der Waals surface area contributed by atoms with E-state index < -0.39 is 6.29 Å². The molecule has 0 radical (unpaired) electrons. The number of hydrogen-bond acceptors (Lipinski definition) is 3. The highest BCUT2D eigenvalue weighted by Gasteiger charge is 2.43. The average Bonchev–Trinajstić information content (AvgIpc) is 2.55. The number of benzene rings is 1. The number of halogens is 3. The molecule has 1 aromatic heterocycles. The summed E-state index contributed by atoms with van der Waals surface area (Å²) in [6.07, 6.45) is -3.58. The Morgan fingerprint density at radius 2 is 1.93 bits per heavy atom. The Kier molecular flexibility index (Phi) is 1.54. The van der Waals surface area contributed by atoms with Gasteiger partial charge in [0.1, 0.15) is 0 Å². The largest absolute Gasteiger partial charge is 0.586 e. The van der Waals surface area contributed by atoms with Crippen LogP contribution in [0.5, 0.6) is 11.5 Å². The van der Waals surface area contributed by atoms with E-state index in [1.807, 2.05) is 0 Å². The highest BCUT2D eigenvalue weighted by atomic mass is 79.9. The fourth-order valence-corrected chi connectivity index (χ4v) is 1.83. The highest BCUT2D eigenvalue weighted by molar-refractivity contribution is 9.10. The molecule has 2 aromatic rings. The van der Waals surface area contributed by atoms with Crippen LogP contribution in [0.15, 0.2) is 16.9 Å². The normalized spacial score (nSPS) is 17.3. The third kappa shape index (κ3) is 1.34. The maximum Gasteiger partial charge on any atom is 0.586 e. The molecule has 0 fully saturated rings. The molecule has 1 N–H and O–H groups in total. The fraction of sp³-hybridized carbons (Fsp3) is 0.125. The summed E-state index contributed by atoms with van der Waals surface area (Å²) in [7, 11) is 0. The first-order chi connectivity index (χ1) is 7.03. The molecule has 1 aliphatic heterocycles. The van der Waals surface area contributed by atoms with Crippen LogP contribution in [0.3, 0.4) is 0 Å². The molecule has 0 amide bonds. The van der Waals surface area contributed by atoms with Gasteiger partial charge < -0.3 is 14.5 Å². The van der Waals surface area contributed by atoms with Crippen molar-refractivity contribution in [3.63, 3.8) is 0 Å². The van der Waals surface area contributed by atoms with Crippen LogP contribution in [0.2, 0.25) is 0 Å². The van der Waals surface area contributed by atoms with E-state index in [2.05, 4.69) is 35.4 Å². The number of aromatic nitrogens is 2. The van der Waals surface area contributed by atoms with Crippen molar-refractivity contribution in [2.45, 2.75) is 6.29 Å². The molecule has 2 heterocycles. The van der Waals surface area contributed by atoms with Gasteiger partial charge in [0.05, 0.1) is 11.0 Å². The van der Waals surface area contributed by atoms with Crippen molar-refractivity contribution < 1.29 is 18.3 Å². The zero-order valence-electron chi connectivity index (χ0n) is 7.05. The quantitative estimate of drug-likeness (QED) is 0.805. The Morgan fingerprint density at radius 3 is 2.67 bits per heavy atom. The van der Waals surface area contributed by atoms with Crippen molar-refractivity contribution in [1.29, 1.82) is 0 Å². The molecule has 0 spiro atoms. The number of nitrogens with zero attached hydrogens (tertiary/aromatic N) is 1. The molecule has 3 rings (SSSR count). The Hall–Kier alpha value is -1.37. The summed E-state index contributed by atoms with van der Waals surface area (Å²) in [5.41, 5.74) is 1.13. The smallest absolute Gasteiger partial charge is 0.395 e. The van der Waals surface area contributed by atoms with Gasteiger partial charge in [0.15, 0.2) is 16.2 Å². The first kappa shape index (κ1) is 8.90. The van der Waals surface area contributed by atoms with Gasteiger partial charge >= 0.3 is 6.29 Å². The molecule has 78 valence electrons. The van der Waals surface area contributed by atoms with Crippen LogP contribution in [0, 0.1) is 0 Å². The predicted octanol–water partition coefficient (Wildman–Crippen LogP) is 2.65. The van der Waals surface area contributed by atoms with Crippen LogP contribution in [0.1, 0.15) is 0 Å². The lowest BCUT2D eigenvalue weighted by Crippen LogP contribution is -2.25. The van der Waals surface area contributed by atoms with Crippen LogP contribution in [-0.2, 0) is 0 Å². The van der Waals surface area contributed by atoms with Gasteiger partial charge in [-0.3, -0.25) is 0 Å². The van der Waals surface area contributed by atoms with Crippen molar-refractivity contribution >= 4 is 27.0 Å². The zero-order chi connectivity index (χ0) is 10.6. The maximum atomic E-state index is 12.7. The van der Waals surface area contributed by atoms with Crippen LogP contribution in [-0.4, -0.2) is 16.3 Å². The van der Waals surface area contributed by atoms with E-state index in [1.165, 1.54) is 12.1 Å². The summed E-state index contributed by atoms with van der Waals surface area (Å²) in [6, 6.07) is 2.82. The van der Waals surface area contributed by atoms with E-state index in [9.17, 15) is 8.78 Å². The summed E-state index contributed by atoms with van der Waals surface area (Å²) in [5.74, 6) is -0.00449. The van der Waals surface area contributed by atoms with E-state index in [1.54, 1.807) is 0 Å². The van der Waals surface area contributed by atoms with Gasteiger partial charge in [-0.1, -0.05) is 0 Å². The lowest BCUT2D eigenvalue weighted by atomic mass is 10.3. The molecule has 7 heteroatoms.